The molecule has 2 unspecified atom stereocenters. The number of hydrogen-bond acceptors (Lipinski definition) is 5. The maximum absolute atomic E-state index is 11.3. The first-order chi connectivity index (χ1) is 11.2. The smallest absolute Gasteiger partial charge is 0.320 e. The molecule has 0 saturated carbocycles. The Morgan fingerprint density at radius 2 is 1.79 bits per heavy atom. The summed E-state index contributed by atoms with van der Waals surface area (Å²) in [6, 6.07) is -0.370. The van der Waals surface area contributed by atoms with Crippen LogP contribution in [0.1, 0.15) is 0 Å². The molecule has 0 heterocycles. The average molecular weight is 369 g/mol. The van der Waals surface area contributed by atoms with Gasteiger partial charge in [0.25, 0.3) is 0 Å². The van der Waals surface area contributed by atoms with E-state index in [0.29, 0.717) is 10.8 Å². The molecule has 0 aromatic rings. The standard InChI is InChI=1S/C16H21N3O3S2/c1-18(2)13-7-5-12(6-8-13)17-15-10-9-14(19(3)4)11-16(15)23-24(20,21)22/h5-11,15-16H,1-4H3/p+1. The molecule has 0 saturated heterocycles. The van der Waals surface area contributed by atoms with Crippen LogP contribution >= 0.6 is 10.8 Å². The van der Waals surface area contributed by atoms with E-state index < -0.39 is 14.4 Å². The summed E-state index contributed by atoms with van der Waals surface area (Å²) in [7, 11) is 4.02. The molecule has 6 nitrogen and oxygen atoms in total. The van der Waals surface area contributed by atoms with Crippen LogP contribution in [0.15, 0.2) is 53.2 Å². The zero-order valence-electron chi connectivity index (χ0n) is 14.1. The van der Waals surface area contributed by atoms with Crippen molar-refractivity contribution in [1.29, 1.82) is 0 Å². The van der Waals surface area contributed by atoms with Gasteiger partial charge in [0.05, 0.1) is 17.0 Å². The lowest BCUT2D eigenvalue weighted by atomic mass is 10.1. The van der Waals surface area contributed by atoms with Crippen LogP contribution in [-0.2, 0) is 9.15 Å². The fraction of sp³-hybridized carbons (Fsp3) is 0.375. The number of nitrogens with zero attached hydrogens (tertiary/aromatic N) is 3. The lowest BCUT2D eigenvalue weighted by Gasteiger charge is -2.25. The third-order valence-electron chi connectivity index (χ3n) is 3.55. The topological polar surface area (TPSA) is 73.0 Å². The van der Waals surface area contributed by atoms with E-state index in [9.17, 15) is 13.0 Å². The minimum absolute atomic E-state index is 0.370. The molecule has 0 aromatic heterocycles. The third kappa shape index (κ3) is 5.19. The minimum atomic E-state index is -4.16. The second kappa shape index (κ2) is 7.50. The summed E-state index contributed by atoms with van der Waals surface area (Å²) < 4.78 is 33.8. The van der Waals surface area contributed by atoms with Gasteiger partial charge in [-0.2, -0.15) is 8.42 Å². The van der Waals surface area contributed by atoms with Crippen molar-refractivity contribution in [1.82, 2.24) is 4.90 Å². The molecule has 0 amide bonds. The summed E-state index contributed by atoms with van der Waals surface area (Å²) in [5.41, 5.74) is 2.70. The molecule has 0 fully saturated rings. The monoisotopic (exact) mass is 368 g/mol. The Hall–Kier alpha value is -1.64. The Labute approximate surface area is 146 Å². The SMILES string of the molecule is CN(C)C1=CC(SS(=O)(=O)O)C(N=C2C=CC(=[N+](C)C)C=C2)C=C1. The highest BCUT2D eigenvalue weighted by atomic mass is 33.1. The molecule has 0 radical (unpaired) electrons. The Kier molecular flexibility index (Phi) is 5.84. The van der Waals surface area contributed by atoms with Crippen molar-refractivity contribution < 1.29 is 17.5 Å². The van der Waals surface area contributed by atoms with Gasteiger partial charge in [-0.1, -0.05) is 6.08 Å². The van der Waals surface area contributed by atoms with Gasteiger partial charge >= 0.3 is 9.15 Å². The first kappa shape index (κ1) is 18.7. The van der Waals surface area contributed by atoms with Gasteiger partial charge in [0.2, 0.25) is 0 Å². The molecular weight excluding hydrogens is 346 g/mol. The van der Waals surface area contributed by atoms with E-state index in [2.05, 4.69) is 4.99 Å². The summed E-state index contributed by atoms with van der Waals surface area (Å²) in [6.07, 6.45) is 13.3. The molecule has 0 spiro atoms. The number of allylic oxidation sites excluding steroid dienone is 5. The Bertz CT molecular complexity index is 765. The average Bonchev–Trinajstić information content (AvgIpc) is 2.48. The maximum Gasteiger partial charge on any atom is 0.320 e. The molecule has 0 bridgehead atoms. The lowest BCUT2D eigenvalue weighted by molar-refractivity contribution is -0.462. The fourth-order valence-corrected chi connectivity index (χ4v) is 4.37. The molecular formula is C16H22N3O3S2+. The van der Waals surface area contributed by atoms with Gasteiger partial charge in [0.1, 0.15) is 14.1 Å². The summed E-state index contributed by atoms with van der Waals surface area (Å²) in [6.45, 7) is 0. The van der Waals surface area contributed by atoms with Crippen LogP contribution in [-0.4, -0.2) is 73.4 Å². The minimum Gasteiger partial charge on any atom is -0.378 e. The van der Waals surface area contributed by atoms with E-state index in [-0.39, 0.29) is 6.04 Å². The molecule has 1 N–H and O–H groups in total. The van der Waals surface area contributed by atoms with Crippen molar-refractivity contribution in [2.24, 2.45) is 4.99 Å². The van der Waals surface area contributed by atoms with E-state index in [1.165, 1.54) is 0 Å². The van der Waals surface area contributed by atoms with Crippen molar-refractivity contribution >= 4 is 31.4 Å². The van der Waals surface area contributed by atoms with Crippen LogP contribution in [0.3, 0.4) is 0 Å². The Balaban J connectivity index is 2.27. The molecule has 24 heavy (non-hydrogen) atoms. The van der Waals surface area contributed by atoms with Crippen molar-refractivity contribution in [3.63, 3.8) is 0 Å². The molecule has 2 aliphatic rings. The zero-order valence-corrected chi connectivity index (χ0v) is 15.8. The molecule has 8 heteroatoms. The highest BCUT2D eigenvalue weighted by molar-refractivity contribution is 8.70. The molecule has 2 aliphatic carbocycles. The van der Waals surface area contributed by atoms with Gasteiger partial charge < -0.3 is 4.90 Å². The van der Waals surface area contributed by atoms with Crippen LogP contribution in [0.4, 0.5) is 0 Å². The highest BCUT2D eigenvalue weighted by Crippen LogP contribution is 2.29. The maximum atomic E-state index is 11.3. The number of hydrogen-bond donors (Lipinski definition) is 1. The van der Waals surface area contributed by atoms with Gasteiger partial charge in [0.15, 0.2) is 5.71 Å². The van der Waals surface area contributed by atoms with Gasteiger partial charge in [-0.3, -0.25) is 9.55 Å². The summed E-state index contributed by atoms with van der Waals surface area (Å²) >= 11 is 0. The number of aliphatic imine (C=N–C) groups is 1. The summed E-state index contributed by atoms with van der Waals surface area (Å²) in [4.78, 5) is 6.50. The van der Waals surface area contributed by atoms with Gasteiger partial charge in [-0.15, -0.1) is 0 Å². The highest BCUT2D eigenvalue weighted by Gasteiger charge is 2.27. The fourth-order valence-electron chi connectivity index (χ4n) is 2.28. The normalized spacial score (nSPS) is 23.3. The lowest BCUT2D eigenvalue weighted by Crippen LogP contribution is -2.26. The third-order valence-corrected chi connectivity index (χ3v) is 5.83. The second-order valence-electron chi connectivity index (χ2n) is 5.86. The first-order valence-electron chi connectivity index (χ1n) is 7.37. The van der Waals surface area contributed by atoms with Gasteiger partial charge in [-0.05, 0) is 24.3 Å². The van der Waals surface area contributed by atoms with Crippen molar-refractivity contribution in [3.05, 3.63) is 48.2 Å². The van der Waals surface area contributed by atoms with E-state index >= 15 is 0 Å². The van der Waals surface area contributed by atoms with E-state index in [1.807, 2.05) is 74.1 Å². The van der Waals surface area contributed by atoms with E-state index in [4.69, 9.17) is 0 Å². The second-order valence-corrected chi connectivity index (χ2v) is 9.30. The van der Waals surface area contributed by atoms with Crippen molar-refractivity contribution in [2.75, 3.05) is 28.2 Å². The van der Waals surface area contributed by atoms with Crippen LogP contribution in [0, 0.1) is 0 Å². The van der Waals surface area contributed by atoms with Crippen LogP contribution in [0.5, 0.6) is 0 Å². The number of rotatable bonds is 4. The van der Waals surface area contributed by atoms with Crippen LogP contribution in [0.25, 0.3) is 0 Å². The molecule has 0 aliphatic heterocycles. The molecule has 2 rings (SSSR count). The summed E-state index contributed by atoms with van der Waals surface area (Å²) in [5.74, 6) is 0. The van der Waals surface area contributed by atoms with Gasteiger partial charge in [-0.25, -0.2) is 4.58 Å². The quantitative estimate of drug-likeness (QED) is 0.353. The predicted molar refractivity (Wildman–Crippen MR) is 100 cm³/mol. The Morgan fingerprint density at radius 1 is 1.17 bits per heavy atom. The molecule has 130 valence electrons. The predicted octanol–water partition coefficient (Wildman–Crippen LogP) is 1.55. The van der Waals surface area contributed by atoms with Crippen LogP contribution < -0.4 is 0 Å². The molecule has 2 atom stereocenters. The first-order valence-corrected chi connectivity index (χ1v) is 10.2. The largest absolute Gasteiger partial charge is 0.378 e. The van der Waals surface area contributed by atoms with Gasteiger partial charge in [0, 0.05) is 42.7 Å². The number of likely N-dealkylation sites (N-methyl/N-ethyl adjacent to an activating group) is 1. The Morgan fingerprint density at radius 3 is 2.29 bits per heavy atom. The van der Waals surface area contributed by atoms with E-state index in [1.54, 1.807) is 6.08 Å². The zero-order chi connectivity index (χ0) is 17.9. The van der Waals surface area contributed by atoms with E-state index in [0.717, 1.165) is 17.1 Å². The summed E-state index contributed by atoms with van der Waals surface area (Å²) in [5, 5.41) is -0.490. The molecule has 0 aromatic carbocycles. The van der Waals surface area contributed by atoms with Crippen molar-refractivity contribution in [2.45, 2.75) is 11.3 Å². The van der Waals surface area contributed by atoms with Crippen molar-refractivity contribution in [3.8, 4) is 0 Å². The van der Waals surface area contributed by atoms with Crippen LogP contribution in [0.2, 0.25) is 0 Å².